The number of ether oxygens (including phenoxy) is 6. The van der Waals surface area contributed by atoms with Crippen LogP contribution in [0.3, 0.4) is 0 Å². The number of rotatable bonds is 10. The molecule has 1 aliphatic rings. The summed E-state index contributed by atoms with van der Waals surface area (Å²) in [6.07, 6.45) is -5.37. The van der Waals surface area contributed by atoms with E-state index in [1.807, 2.05) is 0 Å². The van der Waals surface area contributed by atoms with Crippen LogP contribution < -0.4 is 10.6 Å². The highest BCUT2D eigenvalue weighted by molar-refractivity contribution is 5.81. The van der Waals surface area contributed by atoms with E-state index in [1.165, 1.54) is 13.8 Å². The van der Waals surface area contributed by atoms with Gasteiger partial charge in [0, 0.05) is 27.7 Å². The van der Waals surface area contributed by atoms with Crippen molar-refractivity contribution in [1.82, 2.24) is 10.6 Å². The molecule has 1 saturated heterocycles. The van der Waals surface area contributed by atoms with Crippen molar-refractivity contribution in [2.45, 2.75) is 103 Å². The molecule has 38 heavy (non-hydrogen) atoms. The summed E-state index contributed by atoms with van der Waals surface area (Å²) >= 11 is 0. The summed E-state index contributed by atoms with van der Waals surface area (Å²) in [6.45, 7) is 9.30. The van der Waals surface area contributed by atoms with E-state index >= 15 is 0 Å². The highest BCUT2D eigenvalue weighted by Crippen LogP contribution is 2.30. The molecular formula is C24H38N2O12. The minimum atomic E-state index is -1.24. The molecule has 0 aromatic heterocycles. The lowest BCUT2D eigenvalue weighted by Crippen LogP contribution is -2.66. The molecule has 1 heterocycles. The van der Waals surface area contributed by atoms with Crippen molar-refractivity contribution in [3.8, 4) is 0 Å². The summed E-state index contributed by atoms with van der Waals surface area (Å²) in [6, 6.07) is -2.18. The molecule has 0 aromatic rings. The van der Waals surface area contributed by atoms with Crippen LogP contribution in [-0.4, -0.2) is 91.7 Å². The summed E-state index contributed by atoms with van der Waals surface area (Å²) in [5, 5.41) is 5.09. The molecule has 2 N–H and O–H groups in total. The van der Waals surface area contributed by atoms with E-state index in [1.54, 1.807) is 20.8 Å². The minimum absolute atomic E-state index is 0.0155. The van der Waals surface area contributed by atoms with Crippen LogP contribution in [0.4, 0.5) is 4.79 Å². The molecule has 6 atom stereocenters. The Balaban J connectivity index is 3.31. The Morgan fingerprint density at radius 1 is 0.868 bits per heavy atom. The van der Waals surface area contributed by atoms with Crippen LogP contribution in [-0.2, 0) is 52.4 Å². The molecule has 1 fully saturated rings. The van der Waals surface area contributed by atoms with E-state index < -0.39 is 78.0 Å². The fraction of sp³-hybridized carbons (Fsp3) is 0.750. The maximum absolute atomic E-state index is 12.4. The number of amides is 2. The molecule has 0 aliphatic carbocycles. The lowest BCUT2D eigenvalue weighted by molar-refractivity contribution is -0.224. The van der Waals surface area contributed by atoms with Gasteiger partial charge >= 0.3 is 30.0 Å². The van der Waals surface area contributed by atoms with Crippen LogP contribution in [0.5, 0.6) is 0 Å². The van der Waals surface area contributed by atoms with E-state index in [4.69, 9.17) is 28.4 Å². The highest BCUT2D eigenvalue weighted by atomic mass is 16.6. The number of carbonyl (C=O) groups is 6. The summed E-state index contributed by atoms with van der Waals surface area (Å²) < 4.78 is 31.9. The van der Waals surface area contributed by atoms with Crippen molar-refractivity contribution in [1.29, 1.82) is 0 Å². The van der Waals surface area contributed by atoms with E-state index in [-0.39, 0.29) is 19.4 Å². The monoisotopic (exact) mass is 546 g/mol. The van der Waals surface area contributed by atoms with Gasteiger partial charge in [-0.1, -0.05) is 0 Å². The average Bonchev–Trinajstić information content (AvgIpc) is 2.75. The zero-order valence-corrected chi connectivity index (χ0v) is 23.0. The molecule has 0 saturated carbocycles. The predicted molar refractivity (Wildman–Crippen MR) is 128 cm³/mol. The SMILES string of the molecule is COC(=O)[C@H](CC[C@@H]1O[C@H](COC(C)=O)[C@@H](OC(C)=O)[C@H](OC(C)=O)[C@H]1NC(C)=O)NC(=O)OC(C)(C)C. The number of methoxy groups -OCH3 is 1. The Labute approximate surface area is 221 Å². The molecule has 2 amide bonds. The summed E-state index contributed by atoms with van der Waals surface area (Å²) in [4.78, 5) is 72.0. The van der Waals surface area contributed by atoms with E-state index in [2.05, 4.69) is 10.6 Å². The van der Waals surface area contributed by atoms with Gasteiger partial charge in [-0.15, -0.1) is 0 Å². The Bertz CT molecular complexity index is 884. The van der Waals surface area contributed by atoms with Crippen molar-refractivity contribution >= 4 is 35.9 Å². The van der Waals surface area contributed by atoms with Gasteiger partial charge in [0.15, 0.2) is 12.2 Å². The molecular weight excluding hydrogens is 508 g/mol. The summed E-state index contributed by atoms with van der Waals surface area (Å²) in [7, 11) is 1.15. The number of hydrogen-bond donors (Lipinski definition) is 2. The third kappa shape index (κ3) is 11.3. The van der Waals surface area contributed by atoms with Gasteiger partial charge in [0.05, 0.1) is 19.3 Å². The Morgan fingerprint density at radius 2 is 1.45 bits per heavy atom. The van der Waals surface area contributed by atoms with Crippen LogP contribution in [0.1, 0.15) is 61.3 Å². The number of esters is 4. The molecule has 0 unspecified atom stereocenters. The fourth-order valence-corrected chi connectivity index (χ4v) is 3.84. The number of hydrogen-bond acceptors (Lipinski definition) is 12. The van der Waals surface area contributed by atoms with Crippen molar-refractivity contribution in [2.24, 2.45) is 0 Å². The highest BCUT2D eigenvalue weighted by Gasteiger charge is 2.50. The van der Waals surface area contributed by atoms with E-state index in [0.717, 1.165) is 21.0 Å². The van der Waals surface area contributed by atoms with Gasteiger partial charge in [-0.2, -0.15) is 0 Å². The maximum Gasteiger partial charge on any atom is 0.408 e. The standard InChI is InChI=1S/C24H38N2O12/c1-12(27)25-19-17(10-9-16(22(31)33-8)26-23(32)38-24(5,6)7)37-18(11-34-13(2)28)20(35-14(3)29)21(19)36-15(4)30/h16-21H,9-11H2,1-8H3,(H,25,27)(H,26,32)/t16-,17-,18+,19-,20+,21+/m0/s1. The first-order valence-corrected chi connectivity index (χ1v) is 12.0. The quantitative estimate of drug-likeness (QED) is 0.287. The van der Waals surface area contributed by atoms with Gasteiger partial charge in [0.25, 0.3) is 0 Å². The first-order valence-electron chi connectivity index (χ1n) is 12.0. The second kappa shape index (κ2) is 14.5. The third-order valence-electron chi connectivity index (χ3n) is 5.14. The van der Waals surface area contributed by atoms with Crippen LogP contribution in [0, 0.1) is 0 Å². The topological polar surface area (TPSA) is 182 Å². The second-order valence-corrected chi connectivity index (χ2v) is 9.69. The molecule has 1 rings (SSSR count). The molecule has 0 radical (unpaired) electrons. The van der Waals surface area contributed by atoms with Crippen LogP contribution >= 0.6 is 0 Å². The first-order chi connectivity index (χ1) is 17.5. The fourth-order valence-electron chi connectivity index (χ4n) is 3.84. The largest absolute Gasteiger partial charge is 0.467 e. The molecule has 0 spiro atoms. The van der Waals surface area contributed by atoms with Crippen LogP contribution in [0.2, 0.25) is 0 Å². The lowest BCUT2D eigenvalue weighted by atomic mass is 9.89. The maximum atomic E-state index is 12.4. The number of carbonyl (C=O) groups excluding carboxylic acids is 6. The molecule has 0 bridgehead atoms. The van der Waals surface area contributed by atoms with Crippen molar-refractivity contribution < 1.29 is 57.2 Å². The van der Waals surface area contributed by atoms with Gasteiger partial charge in [0.1, 0.15) is 24.4 Å². The zero-order valence-electron chi connectivity index (χ0n) is 23.0. The average molecular weight is 547 g/mol. The predicted octanol–water partition coefficient (Wildman–Crippen LogP) is 0.532. The van der Waals surface area contributed by atoms with Gasteiger partial charge in [-0.3, -0.25) is 19.2 Å². The third-order valence-corrected chi connectivity index (χ3v) is 5.14. The van der Waals surface area contributed by atoms with Crippen LogP contribution in [0.15, 0.2) is 0 Å². The van der Waals surface area contributed by atoms with Gasteiger partial charge in [-0.25, -0.2) is 9.59 Å². The Kier molecular flexibility index (Phi) is 12.4. The summed E-state index contributed by atoms with van der Waals surface area (Å²) in [5.41, 5.74) is -0.819. The number of alkyl carbamates (subject to hydrolysis) is 1. The molecule has 216 valence electrons. The molecule has 1 aliphatic heterocycles. The first kappa shape index (κ1) is 32.6. The second-order valence-electron chi connectivity index (χ2n) is 9.69. The molecule has 14 nitrogen and oxygen atoms in total. The van der Waals surface area contributed by atoms with E-state index in [9.17, 15) is 28.8 Å². The van der Waals surface area contributed by atoms with Gasteiger partial charge in [-0.05, 0) is 33.6 Å². The van der Waals surface area contributed by atoms with Crippen LogP contribution in [0.25, 0.3) is 0 Å². The van der Waals surface area contributed by atoms with Gasteiger partial charge < -0.3 is 39.1 Å². The zero-order chi connectivity index (χ0) is 29.2. The normalized spacial score (nSPS) is 23.7. The lowest BCUT2D eigenvalue weighted by Gasteiger charge is -2.45. The van der Waals surface area contributed by atoms with Gasteiger partial charge in [0.2, 0.25) is 5.91 Å². The van der Waals surface area contributed by atoms with E-state index in [0.29, 0.717) is 0 Å². The Hall–Kier alpha value is -3.42. The van der Waals surface area contributed by atoms with Crippen molar-refractivity contribution in [2.75, 3.05) is 13.7 Å². The number of nitrogens with one attached hydrogen (secondary N) is 2. The Morgan fingerprint density at radius 3 is 1.92 bits per heavy atom. The smallest absolute Gasteiger partial charge is 0.408 e. The van der Waals surface area contributed by atoms with Crippen molar-refractivity contribution in [3.63, 3.8) is 0 Å². The minimum Gasteiger partial charge on any atom is -0.467 e. The summed E-state index contributed by atoms with van der Waals surface area (Å²) in [5.74, 6) is -3.35. The molecule has 14 heteroatoms. The van der Waals surface area contributed by atoms with Crippen molar-refractivity contribution in [3.05, 3.63) is 0 Å². The molecule has 0 aromatic carbocycles.